The molecule has 3 saturated carbocycles. The summed E-state index contributed by atoms with van der Waals surface area (Å²) in [5.41, 5.74) is -3.79. The second-order valence-electron chi connectivity index (χ2n) is 11.4. The molecule has 4 aliphatic carbocycles. The summed E-state index contributed by atoms with van der Waals surface area (Å²) in [6.45, 7) is 5.02. The molecule has 4 fully saturated rings. The quantitative estimate of drug-likeness (QED) is 0.206. The van der Waals surface area contributed by atoms with Crippen molar-refractivity contribution in [3.05, 3.63) is 23.8 Å². The van der Waals surface area contributed by atoms with Gasteiger partial charge in [-0.05, 0) is 56.3 Å². The van der Waals surface area contributed by atoms with Crippen LogP contribution in [0.3, 0.4) is 0 Å². The largest absolute Gasteiger partial charge is 0.390 e. The van der Waals surface area contributed by atoms with Crippen molar-refractivity contribution in [2.24, 2.45) is 28.5 Å². The van der Waals surface area contributed by atoms with Gasteiger partial charge in [0.25, 0.3) is 0 Å². The van der Waals surface area contributed by atoms with Gasteiger partial charge in [0, 0.05) is 16.7 Å². The molecule has 8 nitrogen and oxygen atoms in total. The van der Waals surface area contributed by atoms with Gasteiger partial charge < -0.3 is 19.3 Å². The Morgan fingerprint density at radius 2 is 2.08 bits per heavy atom. The van der Waals surface area contributed by atoms with E-state index in [4.69, 9.17) is 20.1 Å². The van der Waals surface area contributed by atoms with Gasteiger partial charge in [0.15, 0.2) is 29.1 Å². The smallest absolute Gasteiger partial charge is 0.193 e. The fraction of sp³-hybridized carbons (Fsp3) is 0.769. The van der Waals surface area contributed by atoms with E-state index in [1.54, 1.807) is 6.92 Å². The van der Waals surface area contributed by atoms with Crippen LogP contribution < -0.4 is 11.3 Å². The minimum absolute atomic E-state index is 0.0488. The molecule has 1 saturated heterocycles. The first-order chi connectivity index (χ1) is 17.0. The molecule has 0 aromatic rings. The molecule has 10 atom stereocenters. The molecule has 0 radical (unpaired) electrons. The van der Waals surface area contributed by atoms with Gasteiger partial charge in [-0.2, -0.15) is 0 Å². The first-order valence-electron chi connectivity index (χ1n) is 12.8. The van der Waals surface area contributed by atoms with Crippen molar-refractivity contribution < 1.29 is 37.7 Å². The molecule has 0 bridgehead atoms. The third-order valence-electron chi connectivity index (χ3n) is 9.78. The lowest BCUT2D eigenvalue weighted by Crippen LogP contribution is -2.71. The number of hydrogen-bond acceptors (Lipinski definition) is 8. The summed E-state index contributed by atoms with van der Waals surface area (Å²) in [5.74, 6) is 3.11. The summed E-state index contributed by atoms with van der Waals surface area (Å²) in [6, 6.07) is 0. The molecule has 200 valence electrons. The molecular weight excluding hydrogens is 474 g/mol. The number of aliphatic hydroxyl groups is 1. The average molecular weight is 511 g/mol. The molecular formula is C26H36F2N2O6. The fourth-order valence-electron chi connectivity index (χ4n) is 8.20. The number of rotatable bonds is 7. The van der Waals surface area contributed by atoms with E-state index in [2.05, 4.69) is 5.43 Å². The van der Waals surface area contributed by atoms with Gasteiger partial charge in [0.05, 0.1) is 12.2 Å². The summed E-state index contributed by atoms with van der Waals surface area (Å²) in [4.78, 5) is 25.8. The van der Waals surface area contributed by atoms with Crippen molar-refractivity contribution in [3.8, 4) is 0 Å². The minimum atomic E-state index is -2.23. The molecule has 5 aliphatic rings. The molecule has 4 N–H and O–H groups in total. The second kappa shape index (κ2) is 8.74. The Balaban J connectivity index is 1.58. The Hall–Kier alpha value is -1.56. The number of aliphatic hydroxyl groups excluding tert-OH is 1. The molecule has 0 aromatic heterocycles. The van der Waals surface area contributed by atoms with Crippen molar-refractivity contribution in [1.82, 2.24) is 5.43 Å². The van der Waals surface area contributed by atoms with Crippen molar-refractivity contribution in [2.75, 3.05) is 13.3 Å². The number of alkyl halides is 2. The maximum atomic E-state index is 17.4. The van der Waals surface area contributed by atoms with Crippen molar-refractivity contribution >= 4 is 11.6 Å². The number of nitrogens with two attached hydrogens (primary N) is 1. The lowest BCUT2D eigenvalue weighted by atomic mass is 9.44. The highest BCUT2D eigenvalue weighted by atomic mass is 19.1. The van der Waals surface area contributed by atoms with Crippen LogP contribution in [-0.4, -0.2) is 66.0 Å². The van der Waals surface area contributed by atoms with E-state index in [0.717, 1.165) is 6.42 Å². The van der Waals surface area contributed by atoms with Gasteiger partial charge in [-0.25, -0.2) is 14.2 Å². The number of fused-ring (bicyclic) bond motifs is 7. The molecule has 5 rings (SSSR count). The van der Waals surface area contributed by atoms with Crippen LogP contribution in [0.4, 0.5) is 8.78 Å². The lowest BCUT2D eigenvalue weighted by molar-refractivity contribution is -0.235. The molecule has 0 spiro atoms. The van der Waals surface area contributed by atoms with Crippen LogP contribution in [0.25, 0.3) is 0 Å². The van der Waals surface area contributed by atoms with Crippen LogP contribution >= 0.6 is 0 Å². The number of carbonyl (C=O) groups excluding carboxylic acids is 2. The number of ketones is 2. The SMILES string of the molecule is CCCC1OC2CC3C4C[C@H](F)C5=CC(=O)C=CC5(C)[C@@]4(F)C(O)CC3(C)C2(C(=O)COCNN)O1. The van der Waals surface area contributed by atoms with Crippen LogP contribution in [0.5, 0.6) is 0 Å². The number of allylic oxidation sites excluding steroid dienone is 4. The first-order valence-corrected chi connectivity index (χ1v) is 12.8. The highest BCUT2D eigenvalue weighted by Gasteiger charge is 2.79. The summed E-state index contributed by atoms with van der Waals surface area (Å²) in [7, 11) is 0. The molecule has 0 aromatic carbocycles. The third kappa shape index (κ3) is 3.18. The van der Waals surface area contributed by atoms with Gasteiger partial charge in [-0.15, -0.1) is 0 Å². The van der Waals surface area contributed by atoms with E-state index >= 15 is 8.78 Å². The summed E-state index contributed by atoms with van der Waals surface area (Å²) >= 11 is 0. The fourth-order valence-corrected chi connectivity index (χ4v) is 8.20. The standard InChI is InChI=1S/C26H36F2N2O6/c1-4-5-22-35-21-10-15-16-9-18(27)17-8-14(31)6-7-23(17,2)25(16,28)19(32)11-24(15,3)26(21,36-22)20(33)12-34-13-30-29/h6-8,15-16,18-19,21-22,30,32H,4-5,9-13,29H2,1-3H3/t15?,16?,18-,19?,21?,22?,23?,24?,25-,26?/m0/s1. The highest BCUT2D eigenvalue weighted by molar-refractivity contribution is 6.01. The number of halogens is 2. The van der Waals surface area contributed by atoms with Crippen molar-refractivity contribution in [3.63, 3.8) is 0 Å². The monoisotopic (exact) mass is 510 g/mol. The van der Waals surface area contributed by atoms with Gasteiger partial charge in [-0.3, -0.25) is 15.4 Å². The molecule has 1 heterocycles. The summed E-state index contributed by atoms with van der Waals surface area (Å²) in [6.07, 6.45) is 0.847. The van der Waals surface area contributed by atoms with Gasteiger partial charge in [0.2, 0.25) is 0 Å². The van der Waals surface area contributed by atoms with Crippen molar-refractivity contribution in [2.45, 2.75) is 88.8 Å². The van der Waals surface area contributed by atoms with Crippen LogP contribution in [-0.2, 0) is 23.8 Å². The Morgan fingerprint density at radius 3 is 2.78 bits per heavy atom. The Morgan fingerprint density at radius 1 is 1.33 bits per heavy atom. The number of Topliss-reactive ketones (excluding diaryl/α,β-unsaturated/α-hetero) is 1. The van der Waals surface area contributed by atoms with E-state index < -0.39 is 64.4 Å². The minimum Gasteiger partial charge on any atom is -0.390 e. The average Bonchev–Trinajstić information content (AvgIpc) is 3.30. The zero-order valence-corrected chi connectivity index (χ0v) is 21.0. The normalized spacial score (nSPS) is 49.2. The van der Waals surface area contributed by atoms with Crippen molar-refractivity contribution in [1.29, 1.82) is 0 Å². The van der Waals surface area contributed by atoms with E-state index in [-0.39, 0.29) is 37.5 Å². The molecule has 1 aliphatic heterocycles. The first kappa shape index (κ1) is 26.1. The number of hydrazine groups is 1. The maximum Gasteiger partial charge on any atom is 0.193 e. The van der Waals surface area contributed by atoms with Crippen LogP contribution in [0.15, 0.2) is 23.8 Å². The lowest BCUT2D eigenvalue weighted by Gasteiger charge is -2.63. The van der Waals surface area contributed by atoms with Gasteiger partial charge in [0.1, 0.15) is 19.5 Å². The highest BCUT2D eigenvalue weighted by Crippen LogP contribution is 2.72. The van der Waals surface area contributed by atoms with E-state index in [0.29, 0.717) is 12.8 Å². The Labute approximate surface area is 209 Å². The molecule has 0 amide bonds. The number of ether oxygens (including phenoxy) is 3. The summed E-state index contributed by atoms with van der Waals surface area (Å²) in [5, 5.41) is 11.5. The van der Waals surface area contributed by atoms with Crippen LogP contribution in [0, 0.1) is 22.7 Å². The zero-order valence-electron chi connectivity index (χ0n) is 21.0. The second-order valence-corrected chi connectivity index (χ2v) is 11.4. The zero-order chi connectivity index (χ0) is 26.1. The van der Waals surface area contributed by atoms with Crippen LogP contribution in [0.2, 0.25) is 0 Å². The predicted molar refractivity (Wildman–Crippen MR) is 125 cm³/mol. The number of nitrogens with one attached hydrogen (secondary N) is 1. The predicted octanol–water partition coefficient (Wildman–Crippen LogP) is 2.20. The molecule has 36 heavy (non-hydrogen) atoms. The van der Waals surface area contributed by atoms with Gasteiger partial charge >= 0.3 is 0 Å². The maximum absolute atomic E-state index is 17.4. The Kier molecular flexibility index (Phi) is 6.33. The topological polar surface area (TPSA) is 120 Å². The molecule has 8 unspecified atom stereocenters. The van der Waals surface area contributed by atoms with E-state index in [1.807, 2.05) is 13.8 Å². The van der Waals surface area contributed by atoms with Crippen LogP contribution in [0.1, 0.15) is 52.9 Å². The number of hydrogen-bond donors (Lipinski definition) is 3. The third-order valence-corrected chi connectivity index (χ3v) is 9.78. The Bertz CT molecular complexity index is 1010. The summed E-state index contributed by atoms with van der Waals surface area (Å²) < 4.78 is 51.0. The van der Waals surface area contributed by atoms with E-state index in [9.17, 15) is 14.7 Å². The van der Waals surface area contributed by atoms with E-state index in [1.165, 1.54) is 18.2 Å². The van der Waals surface area contributed by atoms with Gasteiger partial charge in [-0.1, -0.05) is 26.3 Å². The molecule has 10 heteroatoms. The number of carbonyl (C=O) groups is 2.